The Labute approximate surface area is 173 Å². The second-order valence-electron chi connectivity index (χ2n) is 6.77. The molecule has 1 atom stereocenters. The lowest BCUT2D eigenvalue weighted by Crippen LogP contribution is -2.20. The molecule has 1 amide bonds. The molecule has 0 aromatic heterocycles. The first-order valence-corrected chi connectivity index (χ1v) is 9.99. The molecule has 0 fully saturated rings. The normalized spacial score (nSPS) is 17.6. The Hall–Kier alpha value is -2.67. The number of fused-ring (bicyclic) bond motifs is 1. The van der Waals surface area contributed by atoms with Crippen molar-refractivity contribution in [2.75, 3.05) is 18.9 Å². The number of carbonyl (C=O) groups is 1. The van der Waals surface area contributed by atoms with Gasteiger partial charge in [-0.05, 0) is 48.7 Å². The summed E-state index contributed by atoms with van der Waals surface area (Å²) in [6, 6.07) is 14.2. The lowest BCUT2D eigenvalue weighted by Gasteiger charge is -2.21. The van der Waals surface area contributed by atoms with Crippen molar-refractivity contribution in [3.8, 4) is 0 Å². The Kier molecular flexibility index (Phi) is 6.46. The van der Waals surface area contributed by atoms with Gasteiger partial charge in [0.05, 0.1) is 23.9 Å². The van der Waals surface area contributed by atoms with Crippen molar-refractivity contribution in [1.29, 1.82) is 5.53 Å². The van der Waals surface area contributed by atoms with Crippen LogP contribution in [0.3, 0.4) is 0 Å². The second kappa shape index (κ2) is 9.01. The van der Waals surface area contributed by atoms with Crippen LogP contribution < -0.4 is 16.0 Å². The number of hydrogen-bond acceptors (Lipinski definition) is 5. The van der Waals surface area contributed by atoms with Gasteiger partial charge in [-0.15, -0.1) is 0 Å². The third kappa shape index (κ3) is 4.59. The third-order valence-corrected chi connectivity index (χ3v) is 5.33. The van der Waals surface area contributed by atoms with E-state index in [-0.39, 0.29) is 11.9 Å². The lowest BCUT2D eigenvalue weighted by atomic mass is 9.96. The zero-order valence-corrected chi connectivity index (χ0v) is 17.6. The first kappa shape index (κ1) is 20.1. The van der Waals surface area contributed by atoms with Crippen LogP contribution in [0.4, 0.5) is 5.69 Å². The third-order valence-electron chi connectivity index (χ3n) is 4.83. The van der Waals surface area contributed by atoms with E-state index in [9.17, 15) is 4.79 Å². The molecule has 4 N–H and O–H groups in total. The average Bonchev–Trinajstić information content (AvgIpc) is 2.87. The van der Waals surface area contributed by atoms with Crippen LogP contribution >= 0.6 is 15.9 Å². The Morgan fingerprint density at radius 3 is 2.89 bits per heavy atom. The highest BCUT2D eigenvalue weighted by Crippen LogP contribution is 2.34. The number of likely N-dealkylation sites (N-methyl/N-ethyl adjacent to an activating group) is 1. The smallest absolute Gasteiger partial charge is 0.224 e. The van der Waals surface area contributed by atoms with Gasteiger partial charge in [0.1, 0.15) is 0 Å². The van der Waals surface area contributed by atoms with E-state index in [4.69, 9.17) is 5.53 Å². The van der Waals surface area contributed by atoms with Gasteiger partial charge in [-0.25, -0.2) is 5.53 Å². The van der Waals surface area contributed by atoms with Gasteiger partial charge in [-0.3, -0.25) is 4.79 Å². The van der Waals surface area contributed by atoms with Crippen molar-refractivity contribution in [3.05, 3.63) is 69.3 Å². The highest BCUT2D eigenvalue weighted by Gasteiger charge is 2.23. The Balaban J connectivity index is 1.94. The summed E-state index contributed by atoms with van der Waals surface area (Å²) in [6.45, 7) is 2.61. The average molecular weight is 442 g/mol. The van der Waals surface area contributed by atoms with Gasteiger partial charge in [-0.2, -0.15) is 5.11 Å². The van der Waals surface area contributed by atoms with Gasteiger partial charge in [-0.1, -0.05) is 34.1 Å². The monoisotopic (exact) mass is 441 g/mol. The van der Waals surface area contributed by atoms with Crippen molar-refractivity contribution in [1.82, 2.24) is 10.6 Å². The molecule has 28 heavy (non-hydrogen) atoms. The molecule has 2 aromatic carbocycles. The van der Waals surface area contributed by atoms with Gasteiger partial charge < -0.3 is 16.0 Å². The van der Waals surface area contributed by atoms with Crippen molar-refractivity contribution in [3.63, 3.8) is 0 Å². The Morgan fingerprint density at radius 1 is 1.32 bits per heavy atom. The molecule has 0 bridgehead atoms. The summed E-state index contributed by atoms with van der Waals surface area (Å²) in [4.78, 5) is 11.7. The fourth-order valence-electron chi connectivity index (χ4n) is 3.42. The lowest BCUT2D eigenvalue weighted by molar-refractivity contribution is -0.119. The van der Waals surface area contributed by atoms with Crippen molar-refractivity contribution >= 4 is 33.2 Å². The van der Waals surface area contributed by atoms with Crippen LogP contribution in [0.2, 0.25) is 0 Å². The number of rotatable bonds is 5. The molecule has 0 saturated heterocycles. The Morgan fingerprint density at radius 2 is 2.14 bits per heavy atom. The molecule has 0 radical (unpaired) electrons. The van der Waals surface area contributed by atoms with E-state index < -0.39 is 0 Å². The van der Waals surface area contributed by atoms with Gasteiger partial charge >= 0.3 is 0 Å². The number of carbonyl (C=O) groups excluding carboxylic acids is 1. The van der Waals surface area contributed by atoms with E-state index in [0.717, 1.165) is 45.5 Å². The molecule has 0 saturated carbocycles. The topological polar surface area (TPSA) is 89.4 Å². The summed E-state index contributed by atoms with van der Waals surface area (Å²) in [7, 11) is 1.65. The van der Waals surface area contributed by atoms with E-state index in [2.05, 4.69) is 49.1 Å². The molecule has 1 aliphatic heterocycles. The molecule has 0 spiro atoms. The minimum atomic E-state index is -0.00510. The Bertz CT molecular complexity index is 925. The summed E-state index contributed by atoms with van der Waals surface area (Å²) in [5.74, 6) is -0.00510. The number of benzene rings is 2. The van der Waals surface area contributed by atoms with E-state index in [1.165, 1.54) is 0 Å². The van der Waals surface area contributed by atoms with Crippen molar-refractivity contribution in [2.45, 2.75) is 25.8 Å². The number of allylic oxidation sites excluding steroid dienone is 1. The zero-order valence-electron chi connectivity index (χ0n) is 16.0. The summed E-state index contributed by atoms with van der Waals surface area (Å²) in [5, 5.41) is 13.3. The summed E-state index contributed by atoms with van der Waals surface area (Å²) < 4.78 is 1.01. The summed E-state index contributed by atoms with van der Waals surface area (Å²) in [6.07, 6.45) is 1.23. The van der Waals surface area contributed by atoms with E-state index >= 15 is 0 Å². The van der Waals surface area contributed by atoms with Gasteiger partial charge in [0.2, 0.25) is 5.91 Å². The molecule has 6 nitrogen and oxygen atoms in total. The number of nitrogens with one attached hydrogen (secondary N) is 4. The molecule has 1 unspecified atom stereocenters. The van der Waals surface area contributed by atoms with Crippen molar-refractivity contribution < 1.29 is 4.79 Å². The number of nitrogens with zero attached hydrogens (tertiary/aromatic N) is 1. The number of halogens is 1. The van der Waals surface area contributed by atoms with Crippen LogP contribution in [0.15, 0.2) is 57.7 Å². The predicted molar refractivity (Wildman–Crippen MR) is 115 cm³/mol. The van der Waals surface area contributed by atoms with Crippen LogP contribution in [0, 0.1) is 5.53 Å². The molecule has 3 rings (SSSR count). The van der Waals surface area contributed by atoms with E-state index in [1.807, 2.05) is 37.3 Å². The molecule has 7 heteroatoms. The van der Waals surface area contributed by atoms with Gasteiger partial charge in [0, 0.05) is 29.3 Å². The first-order chi connectivity index (χ1) is 13.5. The maximum absolute atomic E-state index is 11.7. The largest absolute Gasteiger partial charge is 0.383 e. The molecule has 146 valence electrons. The fraction of sp³-hybridized carbons (Fsp3) is 0.286. The fourth-order valence-corrected chi connectivity index (χ4v) is 3.80. The standard InChI is InChI=1S/C21H24BrN5O/c1-13(27-23)21-17-7-6-15(22)12-18(17)19(8-9-25-21)26-16-5-3-4-14(10-16)11-20(28)24-2/h3-7,10,12,19,23,25-26H,8-9,11H2,1-2H3,(H,24,28)/b21-13-,27-23?. The van der Waals surface area contributed by atoms with E-state index in [0.29, 0.717) is 12.1 Å². The summed E-state index contributed by atoms with van der Waals surface area (Å²) in [5.41, 5.74) is 13.1. The van der Waals surface area contributed by atoms with Crippen molar-refractivity contribution in [2.24, 2.45) is 5.11 Å². The molecule has 1 heterocycles. The number of hydrogen-bond donors (Lipinski definition) is 4. The van der Waals surface area contributed by atoms with Crippen LogP contribution in [-0.4, -0.2) is 19.5 Å². The van der Waals surface area contributed by atoms with Gasteiger partial charge in [0.15, 0.2) is 0 Å². The zero-order chi connectivity index (χ0) is 20.1. The number of amides is 1. The SMILES string of the molecule is CNC(=O)Cc1cccc(NC2CCN/C(=C(/C)N=N)c3ccc(Br)cc32)c1. The van der Waals surface area contributed by atoms with Crippen LogP contribution in [0.5, 0.6) is 0 Å². The molecule has 0 aliphatic carbocycles. The second-order valence-corrected chi connectivity index (χ2v) is 7.68. The number of anilines is 1. The highest BCUT2D eigenvalue weighted by molar-refractivity contribution is 9.10. The molecule has 2 aromatic rings. The minimum Gasteiger partial charge on any atom is -0.383 e. The van der Waals surface area contributed by atoms with Crippen LogP contribution in [0.1, 0.15) is 36.1 Å². The minimum absolute atomic E-state index is 0.00510. The predicted octanol–water partition coefficient (Wildman–Crippen LogP) is 4.60. The maximum Gasteiger partial charge on any atom is 0.224 e. The first-order valence-electron chi connectivity index (χ1n) is 9.20. The van der Waals surface area contributed by atoms with E-state index in [1.54, 1.807) is 7.05 Å². The highest BCUT2D eigenvalue weighted by atomic mass is 79.9. The van der Waals surface area contributed by atoms with Crippen LogP contribution in [0.25, 0.3) is 5.70 Å². The quantitative estimate of drug-likeness (QED) is 0.510. The summed E-state index contributed by atoms with van der Waals surface area (Å²) >= 11 is 3.58. The molecular formula is C21H24BrN5O. The van der Waals surface area contributed by atoms with Crippen LogP contribution in [-0.2, 0) is 11.2 Å². The van der Waals surface area contributed by atoms with Gasteiger partial charge in [0.25, 0.3) is 0 Å². The maximum atomic E-state index is 11.7. The molecule has 1 aliphatic rings. The molecular weight excluding hydrogens is 418 g/mol.